The minimum atomic E-state index is -0.828. The average molecular weight is 424 g/mol. The molecule has 2 aromatic carbocycles. The van der Waals surface area contributed by atoms with Crippen LogP contribution in [0.15, 0.2) is 72.0 Å². The number of allylic oxidation sites excluding steroid dienone is 1. The highest BCUT2D eigenvalue weighted by molar-refractivity contribution is 6.14. The molecule has 1 atom stereocenters. The van der Waals surface area contributed by atoms with Crippen LogP contribution in [0.2, 0.25) is 0 Å². The maximum atomic E-state index is 14.0. The van der Waals surface area contributed by atoms with Crippen molar-refractivity contribution in [3.8, 4) is 0 Å². The number of ketones is 1. The zero-order chi connectivity index (χ0) is 22.4. The van der Waals surface area contributed by atoms with Gasteiger partial charge in [0.1, 0.15) is 5.82 Å². The normalized spacial score (nSPS) is 16.7. The average Bonchev–Trinajstić information content (AvgIpc) is 3.04. The third kappa shape index (κ3) is 5.09. The molecule has 2 N–H and O–H groups in total. The number of quaternary nitrogens is 1. The summed E-state index contributed by atoms with van der Waals surface area (Å²) in [6.07, 6.45) is 2.98. The van der Waals surface area contributed by atoms with Crippen molar-refractivity contribution >= 4 is 17.8 Å². The number of benzene rings is 2. The van der Waals surface area contributed by atoms with Crippen molar-refractivity contribution in [2.45, 2.75) is 19.9 Å². The number of likely N-dealkylation sites (N-methyl/N-ethyl adjacent to an activating group) is 1. The first-order valence-electron chi connectivity index (χ1n) is 10.6. The summed E-state index contributed by atoms with van der Waals surface area (Å²) in [4.78, 5) is 28.7. The van der Waals surface area contributed by atoms with Gasteiger partial charge in [-0.05, 0) is 43.2 Å². The first-order chi connectivity index (χ1) is 15.0. The molecule has 0 fully saturated rings. The standard InChI is InChI=1S/C25H27FN2O3/c1-3-27(4-2)15-16-28-23(19-11-8-12-20(26)17-19)22(24(30)25(28)31)21(29)14-13-18-9-6-5-7-10-18/h5-14,17,23,30H,3-4,15-16H2,1-2H3/p+1/b14-13+/t23-/m1/s1. The van der Waals surface area contributed by atoms with Crippen LogP contribution in [-0.4, -0.2) is 47.9 Å². The van der Waals surface area contributed by atoms with Crippen LogP contribution in [0, 0.1) is 5.82 Å². The van der Waals surface area contributed by atoms with E-state index in [0.717, 1.165) is 18.7 Å². The van der Waals surface area contributed by atoms with Gasteiger partial charge in [0, 0.05) is 0 Å². The lowest BCUT2D eigenvalue weighted by atomic mass is 9.95. The molecule has 1 heterocycles. The second-order valence-corrected chi connectivity index (χ2v) is 7.53. The third-order valence-electron chi connectivity index (χ3n) is 5.67. The lowest BCUT2D eigenvalue weighted by Gasteiger charge is -2.28. The minimum Gasteiger partial charge on any atom is -0.503 e. The lowest BCUT2D eigenvalue weighted by molar-refractivity contribution is -0.895. The van der Waals surface area contributed by atoms with Crippen LogP contribution in [0.1, 0.15) is 31.0 Å². The molecule has 0 aliphatic carbocycles. The fraction of sp³-hybridized carbons (Fsp3) is 0.280. The molecule has 0 bridgehead atoms. The molecule has 1 aliphatic rings. The highest BCUT2D eigenvalue weighted by Crippen LogP contribution is 2.37. The van der Waals surface area contributed by atoms with Crippen LogP contribution in [0.5, 0.6) is 0 Å². The number of carbonyl (C=O) groups is 2. The molecule has 162 valence electrons. The minimum absolute atomic E-state index is 0.0164. The van der Waals surface area contributed by atoms with Crippen molar-refractivity contribution in [2.75, 3.05) is 26.2 Å². The predicted molar refractivity (Wildman–Crippen MR) is 118 cm³/mol. The smallest absolute Gasteiger partial charge is 0.290 e. The number of carbonyl (C=O) groups excluding carboxylic acids is 2. The van der Waals surface area contributed by atoms with Gasteiger partial charge in [-0.15, -0.1) is 0 Å². The van der Waals surface area contributed by atoms with Gasteiger partial charge < -0.3 is 14.9 Å². The van der Waals surface area contributed by atoms with Gasteiger partial charge >= 0.3 is 0 Å². The Labute approximate surface area is 182 Å². The summed E-state index contributed by atoms with van der Waals surface area (Å²) in [7, 11) is 0. The highest BCUT2D eigenvalue weighted by Gasteiger charge is 2.43. The van der Waals surface area contributed by atoms with Gasteiger partial charge in [-0.25, -0.2) is 4.39 Å². The first kappa shape index (κ1) is 22.4. The Bertz CT molecular complexity index is 997. The Balaban J connectivity index is 1.95. The maximum absolute atomic E-state index is 14.0. The number of hydrogen-bond donors (Lipinski definition) is 2. The van der Waals surface area contributed by atoms with Crippen molar-refractivity contribution in [3.05, 3.63) is 88.9 Å². The Morgan fingerprint density at radius 2 is 1.84 bits per heavy atom. The number of aliphatic hydroxyl groups excluding tert-OH is 1. The molecular weight excluding hydrogens is 395 g/mol. The van der Waals surface area contributed by atoms with E-state index < -0.39 is 29.3 Å². The Morgan fingerprint density at radius 3 is 2.48 bits per heavy atom. The van der Waals surface area contributed by atoms with Gasteiger partial charge in [0.25, 0.3) is 5.91 Å². The van der Waals surface area contributed by atoms with Crippen LogP contribution in [0.4, 0.5) is 4.39 Å². The molecule has 5 nitrogen and oxygen atoms in total. The van der Waals surface area contributed by atoms with Gasteiger partial charge in [-0.3, -0.25) is 9.59 Å². The quantitative estimate of drug-likeness (QED) is 0.610. The Kier molecular flexibility index (Phi) is 7.36. The van der Waals surface area contributed by atoms with Crippen molar-refractivity contribution < 1.29 is 24.0 Å². The molecule has 2 aromatic rings. The van der Waals surface area contributed by atoms with Gasteiger partial charge in [0.15, 0.2) is 11.5 Å². The van der Waals surface area contributed by atoms with Gasteiger partial charge in [0.2, 0.25) is 0 Å². The fourth-order valence-electron chi connectivity index (χ4n) is 3.87. The second kappa shape index (κ2) is 10.2. The topological polar surface area (TPSA) is 62.1 Å². The molecule has 1 amide bonds. The van der Waals surface area contributed by atoms with Gasteiger partial charge in [0.05, 0.1) is 37.8 Å². The van der Waals surface area contributed by atoms with Crippen LogP contribution >= 0.6 is 0 Å². The molecule has 6 heteroatoms. The number of rotatable bonds is 9. The van der Waals surface area contributed by atoms with Gasteiger partial charge in [-0.1, -0.05) is 48.5 Å². The summed E-state index contributed by atoms with van der Waals surface area (Å²) < 4.78 is 14.0. The first-order valence-corrected chi connectivity index (χ1v) is 10.6. The van der Waals surface area contributed by atoms with E-state index in [-0.39, 0.29) is 5.57 Å². The third-order valence-corrected chi connectivity index (χ3v) is 5.67. The van der Waals surface area contributed by atoms with Crippen LogP contribution in [-0.2, 0) is 9.59 Å². The van der Waals surface area contributed by atoms with Crippen molar-refractivity contribution in [1.82, 2.24) is 4.90 Å². The van der Waals surface area contributed by atoms with Crippen molar-refractivity contribution in [1.29, 1.82) is 0 Å². The molecule has 0 spiro atoms. The van der Waals surface area contributed by atoms with E-state index in [1.165, 1.54) is 28.0 Å². The lowest BCUT2D eigenvalue weighted by Crippen LogP contribution is -3.12. The van der Waals surface area contributed by atoms with Crippen LogP contribution in [0.3, 0.4) is 0 Å². The predicted octanol–water partition coefficient (Wildman–Crippen LogP) is 2.73. The summed E-state index contributed by atoms with van der Waals surface area (Å²) in [5.41, 5.74) is 1.27. The molecule has 31 heavy (non-hydrogen) atoms. The fourth-order valence-corrected chi connectivity index (χ4v) is 3.87. The SMILES string of the molecule is CC[NH+](CC)CCN1C(=O)C(O)=C(C(=O)/C=C/c2ccccc2)[C@H]1c1cccc(F)c1. The van der Waals surface area contributed by atoms with Crippen molar-refractivity contribution in [3.63, 3.8) is 0 Å². The Morgan fingerprint density at radius 1 is 1.13 bits per heavy atom. The number of halogens is 1. The van der Waals surface area contributed by atoms with Gasteiger partial charge in [-0.2, -0.15) is 0 Å². The highest BCUT2D eigenvalue weighted by atomic mass is 19.1. The molecular formula is C25H28FN2O3+. The maximum Gasteiger partial charge on any atom is 0.290 e. The molecule has 1 aliphatic heterocycles. The van der Waals surface area contributed by atoms with E-state index in [1.807, 2.05) is 30.3 Å². The summed E-state index contributed by atoms with van der Waals surface area (Å²) in [6.45, 7) is 6.93. The Hall–Kier alpha value is -3.25. The van der Waals surface area contributed by atoms with Crippen LogP contribution in [0.25, 0.3) is 6.08 Å². The second-order valence-electron chi connectivity index (χ2n) is 7.53. The summed E-state index contributed by atoms with van der Waals surface area (Å²) >= 11 is 0. The number of nitrogens with one attached hydrogen (secondary N) is 1. The molecule has 3 rings (SSSR count). The summed E-state index contributed by atoms with van der Waals surface area (Å²) in [5.74, 6) is -2.09. The number of aliphatic hydroxyl groups is 1. The zero-order valence-electron chi connectivity index (χ0n) is 17.8. The van der Waals surface area contributed by atoms with Crippen LogP contribution < -0.4 is 4.90 Å². The zero-order valence-corrected chi connectivity index (χ0v) is 17.8. The van der Waals surface area contributed by atoms with E-state index in [2.05, 4.69) is 13.8 Å². The monoisotopic (exact) mass is 423 g/mol. The van der Waals surface area contributed by atoms with E-state index >= 15 is 0 Å². The molecule has 0 saturated heterocycles. The number of nitrogens with zero attached hydrogens (tertiary/aromatic N) is 1. The molecule has 0 unspecified atom stereocenters. The summed E-state index contributed by atoms with van der Waals surface area (Å²) in [6, 6.07) is 14.3. The number of hydrogen-bond acceptors (Lipinski definition) is 3. The molecule has 0 aromatic heterocycles. The molecule has 0 saturated carbocycles. The molecule has 0 radical (unpaired) electrons. The largest absolute Gasteiger partial charge is 0.503 e. The number of amides is 1. The van der Waals surface area contributed by atoms with E-state index in [9.17, 15) is 19.1 Å². The van der Waals surface area contributed by atoms with E-state index in [1.54, 1.807) is 18.2 Å². The van der Waals surface area contributed by atoms with E-state index in [0.29, 0.717) is 18.7 Å². The van der Waals surface area contributed by atoms with E-state index in [4.69, 9.17) is 0 Å². The van der Waals surface area contributed by atoms with Crippen molar-refractivity contribution in [2.24, 2.45) is 0 Å². The summed E-state index contributed by atoms with van der Waals surface area (Å²) in [5, 5.41) is 10.6.